The van der Waals surface area contributed by atoms with Gasteiger partial charge in [-0.1, -0.05) is 0 Å². The highest BCUT2D eigenvalue weighted by Gasteiger charge is 2.21. The highest BCUT2D eigenvalue weighted by molar-refractivity contribution is 5.79. The Kier molecular flexibility index (Phi) is 8.38. The van der Waals surface area contributed by atoms with Crippen LogP contribution in [0.5, 0.6) is 5.88 Å². The van der Waals surface area contributed by atoms with E-state index in [0.29, 0.717) is 42.9 Å². The average molecular weight is 456 g/mol. The predicted octanol–water partition coefficient (Wildman–Crippen LogP) is 2.68. The molecular formula is C25H33N3O5. The molecule has 1 fully saturated rings. The Labute approximate surface area is 195 Å². The number of allylic oxidation sites excluding steroid dienone is 3. The molecule has 0 atom stereocenters. The van der Waals surface area contributed by atoms with Crippen LogP contribution in [0, 0.1) is 0 Å². The molecule has 178 valence electrons. The van der Waals surface area contributed by atoms with Crippen molar-refractivity contribution < 1.29 is 23.7 Å². The number of morpholine rings is 1. The van der Waals surface area contributed by atoms with Crippen LogP contribution < -0.4 is 10.1 Å². The summed E-state index contributed by atoms with van der Waals surface area (Å²) in [7, 11) is 1.65. The first-order chi connectivity index (χ1) is 16.3. The molecule has 33 heavy (non-hydrogen) atoms. The fourth-order valence-corrected chi connectivity index (χ4v) is 4.39. The number of aldehydes is 1. The Bertz CT molecular complexity index is 918. The van der Waals surface area contributed by atoms with Crippen LogP contribution in [0.3, 0.4) is 0 Å². The van der Waals surface area contributed by atoms with E-state index in [1.54, 1.807) is 19.4 Å². The van der Waals surface area contributed by atoms with Gasteiger partial charge in [0.25, 0.3) is 0 Å². The molecule has 2 aliphatic heterocycles. The van der Waals surface area contributed by atoms with Gasteiger partial charge >= 0.3 is 0 Å². The van der Waals surface area contributed by atoms with E-state index in [9.17, 15) is 4.79 Å². The van der Waals surface area contributed by atoms with Gasteiger partial charge in [0.1, 0.15) is 19.0 Å². The van der Waals surface area contributed by atoms with Gasteiger partial charge in [0, 0.05) is 37.5 Å². The monoisotopic (exact) mass is 455 g/mol. The first-order valence-electron chi connectivity index (χ1n) is 11.7. The van der Waals surface area contributed by atoms with Crippen LogP contribution in [-0.2, 0) is 19.0 Å². The summed E-state index contributed by atoms with van der Waals surface area (Å²) in [4.78, 5) is 18.4. The zero-order valence-corrected chi connectivity index (χ0v) is 19.3. The maximum atomic E-state index is 11.7. The van der Waals surface area contributed by atoms with Gasteiger partial charge in [-0.15, -0.1) is 0 Å². The SMILES string of the molecule is COc1ncccc1C1=C(COC2=C(C=O)C=C(OCCN3CCOCC3)NC2)CCCC1. The van der Waals surface area contributed by atoms with Crippen LogP contribution in [0.2, 0.25) is 0 Å². The van der Waals surface area contributed by atoms with E-state index in [0.717, 1.165) is 70.4 Å². The van der Waals surface area contributed by atoms with Crippen molar-refractivity contribution in [2.45, 2.75) is 25.7 Å². The number of ether oxygens (including phenoxy) is 4. The second-order valence-corrected chi connectivity index (χ2v) is 8.30. The Morgan fingerprint density at radius 1 is 1.21 bits per heavy atom. The number of carbonyl (C=O) groups is 1. The largest absolute Gasteiger partial charge is 0.491 e. The molecule has 8 nitrogen and oxygen atoms in total. The summed E-state index contributed by atoms with van der Waals surface area (Å²) < 4.78 is 22.8. The Hall–Kier alpha value is -2.84. The smallest absolute Gasteiger partial charge is 0.220 e. The van der Waals surface area contributed by atoms with Gasteiger partial charge in [-0.2, -0.15) is 0 Å². The minimum absolute atomic E-state index is 0.427. The van der Waals surface area contributed by atoms with E-state index in [1.165, 1.54) is 11.1 Å². The number of nitrogens with zero attached hydrogens (tertiary/aromatic N) is 2. The minimum atomic E-state index is 0.427. The number of dihydropyridines is 1. The molecule has 0 amide bonds. The summed E-state index contributed by atoms with van der Waals surface area (Å²) in [5.41, 5.74) is 4.03. The van der Waals surface area contributed by atoms with Gasteiger partial charge < -0.3 is 24.3 Å². The molecule has 0 bridgehead atoms. The molecule has 0 radical (unpaired) electrons. The summed E-state index contributed by atoms with van der Waals surface area (Å²) >= 11 is 0. The normalized spacial score (nSPS) is 19.6. The third kappa shape index (κ3) is 6.15. The van der Waals surface area contributed by atoms with Gasteiger partial charge in [0.05, 0.1) is 32.4 Å². The molecule has 3 aliphatic rings. The topological polar surface area (TPSA) is 82.2 Å². The van der Waals surface area contributed by atoms with Gasteiger partial charge in [-0.25, -0.2) is 4.98 Å². The molecule has 4 rings (SSSR count). The third-order valence-corrected chi connectivity index (χ3v) is 6.22. The van der Waals surface area contributed by atoms with Gasteiger partial charge in [0.2, 0.25) is 5.88 Å². The Balaban J connectivity index is 1.39. The summed E-state index contributed by atoms with van der Waals surface area (Å²) in [6.07, 6.45) is 8.51. The lowest BCUT2D eigenvalue weighted by atomic mass is 9.88. The first kappa shape index (κ1) is 23.3. The van der Waals surface area contributed by atoms with Crippen molar-refractivity contribution in [3.63, 3.8) is 0 Å². The lowest BCUT2D eigenvalue weighted by Gasteiger charge is -2.27. The molecule has 0 aromatic carbocycles. The van der Waals surface area contributed by atoms with E-state index in [1.807, 2.05) is 12.1 Å². The molecule has 1 saturated heterocycles. The van der Waals surface area contributed by atoms with Gasteiger partial charge in [-0.3, -0.25) is 9.69 Å². The van der Waals surface area contributed by atoms with Crippen LogP contribution in [0.15, 0.2) is 47.2 Å². The lowest BCUT2D eigenvalue weighted by molar-refractivity contribution is -0.104. The summed E-state index contributed by atoms with van der Waals surface area (Å²) in [6.45, 7) is 5.66. The number of carbonyl (C=O) groups excluding carboxylic acids is 1. The Morgan fingerprint density at radius 3 is 2.88 bits per heavy atom. The van der Waals surface area contributed by atoms with E-state index in [4.69, 9.17) is 18.9 Å². The number of hydrogen-bond acceptors (Lipinski definition) is 8. The average Bonchev–Trinajstić information content (AvgIpc) is 2.88. The summed E-state index contributed by atoms with van der Waals surface area (Å²) in [5.74, 6) is 1.89. The molecule has 0 spiro atoms. The molecule has 1 aromatic rings. The number of methoxy groups -OCH3 is 1. The number of aromatic nitrogens is 1. The fraction of sp³-hybridized carbons (Fsp3) is 0.520. The van der Waals surface area contributed by atoms with Gasteiger partial charge in [0.15, 0.2) is 12.2 Å². The van der Waals surface area contributed by atoms with Crippen molar-refractivity contribution in [3.05, 3.63) is 52.8 Å². The molecule has 1 N–H and O–H groups in total. The first-order valence-corrected chi connectivity index (χ1v) is 11.7. The number of pyridine rings is 1. The van der Waals surface area contributed by atoms with E-state index < -0.39 is 0 Å². The number of rotatable bonds is 10. The van der Waals surface area contributed by atoms with Crippen molar-refractivity contribution in [3.8, 4) is 5.88 Å². The van der Waals surface area contributed by atoms with Crippen molar-refractivity contribution in [2.75, 3.05) is 59.7 Å². The van der Waals surface area contributed by atoms with Crippen molar-refractivity contribution >= 4 is 11.9 Å². The molecule has 1 aliphatic carbocycles. The second-order valence-electron chi connectivity index (χ2n) is 8.30. The fourth-order valence-electron chi connectivity index (χ4n) is 4.39. The van der Waals surface area contributed by atoms with E-state index in [2.05, 4.69) is 15.2 Å². The summed E-state index contributed by atoms with van der Waals surface area (Å²) in [5, 5.41) is 3.23. The maximum Gasteiger partial charge on any atom is 0.220 e. The molecule has 8 heteroatoms. The zero-order valence-electron chi connectivity index (χ0n) is 19.3. The van der Waals surface area contributed by atoms with Crippen molar-refractivity contribution in [1.29, 1.82) is 0 Å². The van der Waals surface area contributed by atoms with Crippen LogP contribution >= 0.6 is 0 Å². The van der Waals surface area contributed by atoms with Crippen molar-refractivity contribution in [1.82, 2.24) is 15.2 Å². The molecule has 0 unspecified atom stereocenters. The lowest BCUT2D eigenvalue weighted by Crippen LogP contribution is -2.38. The minimum Gasteiger partial charge on any atom is -0.491 e. The van der Waals surface area contributed by atoms with Crippen molar-refractivity contribution in [2.24, 2.45) is 0 Å². The number of hydrogen-bond donors (Lipinski definition) is 1. The maximum absolute atomic E-state index is 11.7. The second kappa shape index (κ2) is 11.9. The number of nitrogens with one attached hydrogen (secondary N) is 1. The van der Waals surface area contributed by atoms with Gasteiger partial charge in [-0.05, 0) is 49.0 Å². The third-order valence-electron chi connectivity index (χ3n) is 6.22. The van der Waals surface area contributed by atoms with E-state index >= 15 is 0 Å². The molecule has 1 aromatic heterocycles. The predicted molar refractivity (Wildman–Crippen MR) is 125 cm³/mol. The zero-order chi connectivity index (χ0) is 22.9. The molecular weight excluding hydrogens is 422 g/mol. The standard InChI is InChI=1S/C25H33N3O5/c1-30-25-22(7-4-8-26-25)21-6-3-2-5-19(21)18-33-23-16-27-24(15-20(23)17-29)32-14-11-28-9-12-31-13-10-28/h4,7-8,15,17,27H,2-3,5-6,9-14,16,18H2,1H3. The molecule has 0 saturated carbocycles. The van der Waals surface area contributed by atoms with Crippen LogP contribution in [-0.4, -0.2) is 75.9 Å². The summed E-state index contributed by atoms with van der Waals surface area (Å²) in [6, 6.07) is 3.98. The van der Waals surface area contributed by atoms with Crippen LogP contribution in [0.4, 0.5) is 0 Å². The quantitative estimate of drug-likeness (QED) is 0.540. The van der Waals surface area contributed by atoms with E-state index in [-0.39, 0.29) is 0 Å². The Morgan fingerprint density at radius 2 is 2.06 bits per heavy atom. The van der Waals surface area contributed by atoms with Crippen LogP contribution in [0.1, 0.15) is 31.2 Å². The highest BCUT2D eigenvalue weighted by Crippen LogP contribution is 2.36. The van der Waals surface area contributed by atoms with Crippen LogP contribution in [0.25, 0.3) is 5.57 Å². The molecule has 3 heterocycles. The highest BCUT2D eigenvalue weighted by atomic mass is 16.5.